The summed E-state index contributed by atoms with van der Waals surface area (Å²) in [7, 11) is 0. The maximum absolute atomic E-state index is 10.8. The van der Waals surface area contributed by atoms with Crippen LogP contribution in [0.1, 0.15) is 70.4 Å². The van der Waals surface area contributed by atoms with Crippen molar-refractivity contribution in [3.05, 3.63) is 53.6 Å². The van der Waals surface area contributed by atoms with Crippen molar-refractivity contribution in [3.8, 4) is 16.9 Å². The number of hydrogen-bond acceptors (Lipinski definition) is 1. The number of phenols is 1. The first-order valence-electron chi connectivity index (χ1n) is 10.8. The molecule has 0 unspecified atom stereocenters. The third-order valence-corrected chi connectivity index (χ3v) is 7.66. The first-order valence-corrected chi connectivity index (χ1v) is 10.8. The Bertz CT molecular complexity index is 835. The van der Waals surface area contributed by atoms with Crippen LogP contribution >= 0.6 is 0 Å². The molecule has 0 aromatic heterocycles. The zero-order valence-corrected chi connectivity index (χ0v) is 17.0. The Morgan fingerprint density at radius 1 is 0.815 bits per heavy atom. The van der Waals surface area contributed by atoms with Gasteiger partial charge in [0.05, 0.1) is 0 Å². The highest BCUT2D eigenvalue weighted by molar-refractivity contribution is 5.78. The van der Waals surface area contributed by atoms with Gasteiger partial charge in [-0.1, -0.05) is 57.2 Å². The molecule has 1 heteroatoms. The molecular weight excluding hydrogens is 328 g/mol. The molecule has 27 heavy (non-hydrogen) atoms. The summed E-state index contributed by atoms with van der Waals surface area (Å²) in [5.74, 6) is 3.19. The zero-order valence-electron chi connectivity index (χ0n) is 17.0. The van der Waals surface area contributed by atoms with E-state index >= 15 is 0 Å². The molecule has 0 saturated heterocycles. The van der Waals surface area contributed by atoms with Crippen LogP contribution in [0.5, 0.6) is 5.75 Å². The third-order valence-electron chi connectivity index (χ3n) is 7.66. The summed E-state index contributed by atoms with van der Waals surface area (Å²) in [6.45, 7) is 6.90. The molecule has 0 radical (unpaired) electrons. The van der Waals surface area contributed by atoms with E-state index in [1.54, 1.807) is 0 Å². The van der Waals surface area contributed by atoms with E-state index in [0.717, 1.165) is 23.3 Å². The summed E-state index contributed by atoms with van der Waals surface area (Å²) >= 11 is 0. The lowest BCUT2D eigenvalue weighted by atomic mass is 9.47. The van der Waals surface area contributed by atoms with Crippen molar-refractivity contribution in [2.24, 2.45) is 17.8 Å². The second-order valence-electron chi connectivity index (χ2n) is 10.7. The number of benzene rings is 2. The second kappa shape index (κ2) is 5.87. The lowest BCUT2D eigenvalue weighted by molar-refractivity contribution is -0.00497. The molecule has 1 N–H and O–H groups in total. The van der Waals surface area contributed by atoms with Crippen molar-refractivity contribution in [3.63, 3.8) is 0 Å². The number of phenolic OH excluding ortho intramolecular Hbond substituents is 1. The van der Waals surface area contributed by atoms with Crippen molar-refractivity contribution in [1.82, 2.24) is 0 Å². The van der Waals surface area contributed by atoms with Gasteiger partial charge in [0.15, 0.2) is 0 Å². The van der Waals surface area contributed by atoms with Crippen LogP contribution in [-0.2, 0) is 10.8 Å². The third kappa shape index (κ3) is 2.73. The van der Waals surface area contributed by atoms with Gasteiger partial charge in [-0.3, -0.25) is 0 Å². The molecule has 0 aliphatic heterocycles. The number of hydrogen-bond donors (Lipinski definition) is 1. The number of rotatable bonds is 2. The van der Waals surface area contributed by atoms with E-state index in [2.05, 4.69) is 51.1 Å². The normalized spacial score (nSPS) is 32.0. The van der Waals surface area contributed by atoms with Gasteiger partial charge in [0.1, 0.15) is 5.75 Å². The molecule has 4 aliphatic carbocycles. The highest BCUT2D eigenvalue weighted by atomic mass is 16.3. The van der Waals surface area contributed by atoms with Gasteiger partial charge >= 0.3 is 0 Å². The Morgan fingerprint density at radius 3 is 1.96 bits per heavy atom. The van der Waals surface area contributed by atoms with E-state index in [1.807, 2.05) is 12.1 Å². The van der Waals surface area contributed by atoms with Gasteiger partial charge in [0.25, 0.3) is 0 Å². The fraction of sp³-hybridized carbons (Fsp3) is 0.538. The second-order valence-corrected chi connectivity index (χ2v) is 10.7. The summed E-state index contributed by atoms with van der Waals surface area (Å²) < 4.78 is 0. The van der Waals surface area contributed by atoms with Gasteiger partial charge in [-0.05, 0) is 89.9 Å². The van der Waals surface area contributed by atoms with Gasteiger partial charge in [-0.2, -0.15) is 0 Å². The molecule has 0 amide bonds. The zero-order chi connectivity index (χ0) is 18.8. The topological polar surface area (TPSA) is 20.2 Å². The average molecular weight is 361 g/mol. The van der Waals surface area contributed by atoms with Crippen LogP contribution in [0, 0.1) is 17.8 Å². The minimum absolute atomic E-state index is 0.0515. The van der Waals surface area contributed by atoms with Gasteiger partial charge in [0, 0.05) is 5.56 Å². The number of para-hydroxylation sites is 1. The highest BCUT2D eigenvalue weighted by Gasteiger charge is 2.52. The number of aromatic hydroxyl groups is 1. The predicted octanol–water partition coefficient (Wildman–Crippen LogP) is 6.82. The van der Waals surface area contributed by atoms with Crippen LogP contribution in [0.2, 0.25) is 0 Å². The average Bonchev–Trinajstić information content (AvgIpc) is 2.60. The molecule has 0 heterocycles. The summed E-state index contributed by atoms with van der Waals surface area (Å²) in [6, 6.07) is 14.9. The molecule has 2 aromatic carbocycles. The molecule has 6 rings (SSSR count). The van der Waals surface area contributed by atoms with Crippen molar-refractivity contribution in [1.29, 1.82) is 0 Å². The largest absolute Gasteiger partial charge is 0.507 e. The minimum atomic E-state index is 0.0515. The molecule has 1 nitrogen and oxygen atoms in total. The van der Waals surface area contributed by atoms with Crippen molar-refractivity contribution >= 4 is 0 Å². The molecule has 0 atom stereocenters. The Kier molecular flexibility index (Phi) is 3.77. The fourth-order valence-electron chi connectivity index (χ4n) is 7.03. The quantitative estimate of drug-likeness (QED) is 0.622. The summed E-state index contributed by atoms with van der Waals surface area (Å²) in [5.41, 5.74) is 5.62. The van der Waals surface area contributed by atoms with Crippen LogP contribution in [0.4, 0.5) is 0 Å². The molecule has 4 bridgehead atoms. The predicted molar refractivity (Wildman–Crippen MR) is 112 cm³/mol. The summed E-state index contributed by atoms with van der Waals surface area (Å²) in [6.07, 6.45) is 8.45. The lowest BCUT2D eigenvalue weighted by Crippen LogP contribution is -2.48. The highest BCUT2D eigenvalue weighted by Crippen LogP contribution is 2.62. The van der Waals surface area contributed by atoms with Crippen LogP contribution in [-0.4, -0.2) is 5.11 Å². The van der Waals surface area contributed by atoms with Crippen molar-refractivity contribution in [2.75, 3.05) is 0 Å². The smallest absolute Gasteiger partial charge is 0.123 e. The standard InChI is InChI=1S/C26H32O/c1-25(2,3)21-8-6-9-22(24(21)20-7-4-5-10-23(20)27)26-14-17-11-18(15-26)13-19(12-17)16-26/h4-10,17-19,27H,11-16H2,1-3H3. The molecule has 4 saturated carbocycles. The van der Waals surface area contributed by atoms with Crippen LogP contribution in [0.15, 0.2) is 42.5 Å². The van der Waals surface area contributed by atoms with Gasteiger partial charge < -0.3 is 5.11 Å². The lowest BCUT2D eigenvalue weighted by Gasteiger charge is -2.57. The van der Waals surface area contributed by atoms with E-state index in [0.29, 0.717) is 11.2 Å². The summed E-state index contributed by atoms with van der Waals surface area (Å²) in [4.78, 5) is 0. The van der Waals surface area contributed by atoms with Crippen LogP contribution < -0.4 is 0 Å². The monoisotopic (exact) mass is 360 g/mol. The van der Waals surface area contributed by atoms with Crippen molar-refractivity contribution < 1.29 is 5.11 Å². The maximum Gasteiger partial charge on any atom is 0.123 e. The molecule has 4 aliphatic rings. The van der Waals surface area contributed by atoms with E-state index < -0.39 is 0 Å². The van der Waals surface area contributed by atoms with Gasteiger partial charge in [-0.15, -0.1) is 0 Å². The molecule has 0 spiro atoms. The van der Waals surface area contributed by atoms with Crippen LogP contribution in [0.3, 0.4) is 0 Å². The van der Waals surface area contributed by atoms with Gasteiger partial charge in [0.2, 0.25) is 0 Å². The molecule has 4 fully saturated rings. The Labute approximate surface area is 163 Å². The van der Waals surface area contributed by atoms with E-state index in [4.69, 9.17) is 0 Å². The van der Waals surface area contributed by atoms with Gasteiger partial charge in [-0.25, -0.2) is 0 Å². The fourth-order valence-corrected chi connectivity index (χ4v) is 7.03. The first-order chi connectivity index (χ1) is 12.9. The van der Waals surface area contributed by atoms with Crippen LogP contribution in [0.25, 0.3) is 11.1 Å². The Balaban J connectivity index is 1.75. The SMILES string of the molecule is CC(C)(C)c1cccc(C23CC4CC(CC(C4)C2)C3)c1-c1ccccc1O. The van der Waals surface area contributed by atoms with E-state index in [1.165, 1.54) is 55.2 Å². The Hall–Kier alpha value is -1.76. The van der Waals surface area contributed by atoms with E-state index in [-0.39, 0.29) is 5.41 Å². The minimum Gasteiger partial charge on any atom is -0.507 e. The summed E-state index contributed by atoms with van der Waals surface area (Å²) in [5, 5.41) is 10.8. The molecule has 142 valence electrons. The first kappa shape index (κ1) is 17.3. The maximum atomic E-state index is 10.8. The molecular formula is C26H32O. The van der Waals surface area contributed by atoms with Crippen molar-refractivity contribution in [2.45, 2.75) is 70.1 Å². The molecule has 2 aromatic rings. The Morgan fingerprint density at radius 2 is 1.41 bits per heavy atom. The van der Waals surface area contributed by atoms with E-state index in [9.17, 15) is 5.11 Å².